The van der Waals surface area contributed by atoms with E-state index in [1.165, 1.54) is 18.3 Å². The average molecular weight is 235 g/mol. The molecule has 0 amide bonds. The van der Waals surface area contributed by atoms with E-state index >= 15 is 0 Å². The highest BCUT2D eigenvalue weighted by atomic mass is 16.4. The second-order valence-corrected chi connectivity index (χ2v) is 3.14. The molecule has 1 heterocycles. The third kappa shape index (κ3) is 3.46. The predicted molar refractivity (Wildman–Crippen MR) is 56.3 cm³/mol. The number of carbonyl (C=O) groups is 2. The zero-order chi connectivity index (χ0) is 12.8. The third-order valence-corrected chi connectivity index (χ3v) is 1.92. The number of nitrogens with one attached hydrogen (secondary N) is 1. The molecule has 3 N–H and O–H groups in total. The van der Waals surface area contributed by atoms with E-state index in [1.54, 1.807) is 6.07 Å². The average Bonchev–Trinajstić information content (AvgIpc) is 2.28. The van der Waals surface area contributed by atoms with Gasteiger partial charge in [0.15, 0.2) is 5.69 Å². The van der Waals surface area contributed by atoms with Gasteiger partial charge in [0.1, 0.15) is 12.1 Å². The van der Waals surface area contributed by atoms with E-state index in [2.05, 4.69) is 10.3 Å². The molecule has 1 rings (SSSR count). The van der Waals surface area contributed by atoms with E-state index < -0.39 is 24.4 Å². The van der Waals surface area contributed by atoms with Gasteiger partial charge in [0, 0.05) is 6.20 Å². The van der Waals surface area contributed by atoms with E-state index in [4.69, 9.17) is 15.5 Å². The van der Waals surface area contributed by atoms with Crippen LogP contribution in [-0.4, -0.2) is 33.2 Å². The van der Waals surface area contributed by atoms with Crippen LogP contribution < -0.4 is 5.32 Å². The van der Waals surface area contributed by atoms with Crippen molar-refractivity contribution < 1.29 is 19.8 Å². The van der Waals surface area contributed by atoms with E-state index in [0.29, 0.717) is 0 Å². The summed E-state index contributed by atoms with van der Waals surface area (Å²) >= 11 is 0. The van der Waals surface area contributed by atoms with Crippen LogP contribution in [0, 0.1) is 11.3 Å². The van der Waals surface area contributed by atoms with Gasteiger partial charge >= 0.3 is 11.9 Å². The Morgan fingerprint density at radius 3 is 2.76 bits per heavy atom. The molecule has 17 heavy (non-hydrogen) atoms. The summed E-state index contributed by atoms with van der Waals surface area (Å²) in [5.41, 5.74) is 0.216. The van der Waals surface area contributed by atoms with Crippen LogP contribution in [0.5, 0.6) is 0 Å². The fraction of sp³-hybridized carbons (Fsp3) is 0.200. The van der Waals surface area contributed by atoms with Crippen LogP contribution in [-0.2, 0) is 9.59 Å². The molecule has 0 aliphatic heterocycles. The zero-order valence-electron chi connectivity index (χ0n) is 8.62. The molecule has 0 fully saturated rings. The van der Waals surface area contributed by atoms with E-state index in [1.807, 2.05) is 0 Å². The van der Waals surface area contributed by atoms with Crippen LogP contribution in [0.25, 0.3) is 0 Å². The molecule has 0 saturated carbocycles. The molecule has 88 valence electrons. The number of carboxylic acid groups (broad SMARTS) is 2. The monoisotopic (exact) mass is 235 g/mol. The first kappa shape index (κ1) is 12.4. The Hall–Kier alpha value is -2.62. The summed E-state index contributed by atoms with van der Waals surface area (Å²) in [5.74, 6) is -2.55. The van der Waals surface area contributed by atoms with Crippen molar-refractivity contribution in [1.82, 2.24) is 4.98 Å². The summed E-state index contributed by atoms with van der Waals surface area (Å²) < 4.78 is 0. The van der Waals surface area contributed by atoms with Crippen molar-refractivity contribution in [2.45, 2.75) is 12.5 Å². The normalized spacial score (nSPS) is 11.2. The van der Waals surface area contributed by atoms with Crippen molar-refractivity contribution in [1.29, 1.82) is 5.26 Å². The van der Waals surface area contributed by atoms with E-state index in [0.717, 1.165) is 0 Å². The first-order chi connectivity index (χ1) is 8.04. The molecule has 0 bridgehead atoms. The maximum Gasteiger partial charge on any atom is 0.326 e. The molecular formula is C10H9N3O4. The van der Waals surface area contributed by atoms with Gasteiger partial charge in [-0.15, -0.1) is 0 Å². The molecular weight excluding hydrogens is 226 g/mol. The lowest BCUT2D eigenvalue weighted by molar-refractivity contribution is -0.144. The second-order valence-electron chi connectivity index (χ2n) is 3.14. The number of anilines is 1. The van der Waals surface area contributed by atoms with Crippen molar-refractivity contribution in [2.75, 3.05) is 5.32 Å². The Labute approximate surface area is 96.3 Å². The Kier molecular flexibility index (Phi) is 4.00. The summed E-state index contributed by atoms with van der Waals surface area (Å²) in [7, 11) is 0. The number of aliphatic carboxylic acids is 2. The third-order valence-electron chi connectivity index (χ3n) is 1.92. The maximum absolute atomic E-state index is 10.8. The molecule has 0 spiro atoms. The summed E-state index contributed by atoms with van der Waals surface area (Å²) in [6, 6.07) is 3.46. The van der Waals surface area contributed by atoms with Crippen LogP contribution >= 0.6 is 0 Å². The lowest BCUT2D eigenvalue weighted by Crippen LogP contribution is -2.32. The molecule has 0 aliphatic carbocycles. The Balaban J connectivity index is 2.90. The van der Waals surface area contributed by atoms with Crippen LogP contribution in [0.3, 0.4) is 0 Å². The van der Waals surface area contributed by atoms with Gasteiger partial charge in [0.2, 0.25) is 0 Å². The number of rotatable bonds is 5. The molecule has 1 atom stereocenters. The minimum absolute atomic E-state index is 0.0177. The molecule has 7 nitrogen and oxygen atoms in total. The SMILES string of the molecule is N#Cc1ncccc1NC(CC(=O)O)C(=O)O. The van der Waals surface area contributed by atoms with Crippen molar-refractivity contribution >= 4 is 17.6 Å². The fourth-order valence-corrected chi connectivity index (χ4v) is 1.17. The number of aromatic nitrogens is 1. The molecule has 0 radical (unpaired) electrons. The largest absolute Gasteiger partial charge is 0.481 e. The Morgan fingerprint density at radius 1 is 1.53 bits per heavy atom. The van der Waals surface area contributed by atoms with Crippen molar-refractivity contribution in [3.05, 3.63) is 24.0 Å². The molecule has 1 aromatic heterocycles. The van der Waals surface area contributed by atoms with Gasteiger partial charge in [-0.1, -0.05) is 0 Å². The van der Waals surface area contributed by atoms with Crippen LogP contribution in [0.4, 0.5) is 5.69 Å². The highest BCUT2D eigenvalue weighted by Crippen LogP contribution is 2.13. The standard InChI is InChI=1S/C10H9N3O4/c11-5-8-6(2-1-3-12-8)13-7(10(16)17)4-9(14)15/h1-3,7,13H,4H2,(H,14,15)(H,16,17). The zero-order valence-corrected chi connectivity index (χ0v) is 8.62. The number of pyridine rings is 1. The predicted octanol–water partition coefficient (Wildman–Crippen LogP) is 0.293. The fourth-order valence-electron chi connectivity index (χ4n) is 1.17. The van der Waals surface area contributed by atoms with Gasteiger partial charge in [0.25, 0.3) is 0 Å². The Bertz CT molecular complexity index is 481. The van der Waals surface area contributed by atoms with Gasteiger partial charge in [-0.05, 0) is 12.1 Å². The number of hydrogen-bond donors (Lipinski definition) is 3. The second kappa shape index (κ2) is 5.46. The quantitative estimate of drug-likeness (QED) is 0.670. The molecule has 1 unspecified atom stereocenters. The number of hydrogen-bond acceptors (Lipinski definition) is 5. The topological polar surface area (TPSA) is 123 Å². The summed E-state index contributed by atoms with van der Waals surface area (Å²) in [6.45, 7) is 0. The lowest BCUT2D eigenvalue weighted by atomic mass is 10.2. The smallest absolute Gasteiger partial charge is 0.326 e. The lowest BCUT2D eigenvalue weighted by Gasteiger charge is -2.13. The minimum atomic E-state index is -1.31. The Morgan fingerprint density at radius 2 is 2.24 bits per heavy atom. The van der Waals surface area contributed by atoms with Crippen LogP contribution in [0.15, 0.2) is 18.3 Å². The summed E-state index contributed by atoms with van der Waals surface area (Å²) in [4.78, 5) is 25.0. The first-order valence-corrected chi connectivity index (χ1v) is 4.61. The maximum atomic E-state index is 10.8. The minimum Gasteiger partial charge on any atom is -0.481 e. The van der Waals surface area contributed by atoms with Crippen molar-refractivity contribution in [2.24, 2.45) is 0 Å². The number of nitrogens with zero attached hydrogens (tertiary/aromatic N) is 2. The van der Waals surface area contributed by atoms with E-state index in [9.17, 15) is 9.59 Å². The van der Waals surface area contributed by atoms with E-state index in [-0.39, 0.29) is 11.4 Å². The van der Waals surface area contributed by atoms with Gasteiger partial charge in [-0.3, -0.25) is 4.79 Å². The molecule has 0 aliphatic rings. The summed E-state index contributed by atoms with van der Waals surface area (Å²) in [6.07, 6.45) is 0.797. The number of carboxylic acids is 2. The van der Waals surface area contributed by atoms with Crippen LogP contribution in [0.2, 0.25) is 0 Å². The van der Waals surface area contributed by atoms with Gasteiger partial charge in [-0.25, -0.2) is 9.78 Å². The van der Waals surface area contributed by atoms with Gasteiger partial charge in [-0.2, -0.15) is 5.26 Å². The van der Waals surface area contributed by atoms with Gasteiger partial charge < -0.3 is 15.5 Å². The van der Waals surface area contributed by atoms with Crippen molar-refractivity contribution in [3.63, 3.8) is 0 Å². The van der Waals surface area contributed by atoms with Crippen molar-refractivity contribution in [3.8, 4) is 6.07 Å². The van der Waals surface area contributed by atoms with Gasteiger partial charge in [0.05, 0.1) is 12.1 Å². The molecule has 7 heteroatoms. The number of nitriles is 1. The molecule has 1 aromatic rings. The molecule has 0 saturated heterocycles. The van der Waals surface area contributed by atoms with Crippen LogP contribution in [0.1, 0.15) is 12.1 Å². The highest BCUT2D eigenvalue weighted by Gasteiger charge is 2.21. The highest BCUT2D eigenvalue weighted by molar-refractivity contribution is 5.83. The molecule has 0 aromatic carbocycles. The summed E-state index contributed by atoms with van der Waals surface area (Å²) in [5, 5.41) is 28.6. The first-order valence-electron chi connectivity index (χ1n) is 4.61.